The van der Waals surface area contributed by atoms with Crippen LogP contribution in [0.3, 0.4) is 0 Å². The molecule has 0 fully saturated rings. The highest BCUT2D eigenvalue weighted by Gasteiger charge is 2.27. The summed E-state index contributed by atoms with van der Waals surface area (Å²) in [7, 11) is 2.05. The lowest BCUT2D eigenvalue weighted by molar-refractivity contribution is 0.0614. The third-order valence-electron chi connectivity index (χ3n) is 4.62. The molecular formula is C20H30N2O3. The maximum absolute atomic E-state index is 9.68. The van der Waals surface area contributed by atoms with Gasteiger partial charge in [0.05, 0.1) is 17.9 Å². The number of benzene rings is 1. The van der Waals surface area contributed by atoms with E-state index in [2.05, 4.69) is 43.0 Å². The van der Waals surface area contributed by atoms with Crippen LogP contribution in [-0.4, -0.2) is 34.9 Å². The fraction of sp³-hybridized carbons (Fsp3) is 0.550. The first-order valence-electron chi connectivity index (χ1n) is 8.67. The molecule has 0 saturated carbocycles. The van der Waals surface area contributed by atoms with Crippen molar-refractivity contribution < 1.29 is 14.4 Å². The van der Waals surface area contributed by atoms with Gasteiger partial charge < -0.3 is 14.4 Å². The third-order valence-corrected chi connectivity index (χ3v) is 4.62. The number of likely N-dealkylation sites (N-methyl/N-ethyl adjacent to an activating group) is 1. The van der Waals surface area contributed by atoms with Crippen molar-refractivity contribution in [2.45, 2.75) is 53.8 Å². The van der Waals surface area contributed by atoms with Gasteiger partial charge in [-0.2, -0.15) is 0 Å². The lowest BCUT2D eigenvalue weighted by Gasteiger charge is -2.36. The molecule has 1 aromatic heterocycles. The minimum Gasteiger partial charge on any atom is -0.489 e. The molecule has 0 aliphatic rings. The molecule has 1 heterocycles. The number of nitrogens with zero attached hydrogens (tertiary/aromatic N) is 2. The Balaban J connectivity index is 1.95. The SMILES string of the molecule is Cc1noc(C)c1COc1ccc(CN(C)C(CO)C(C)(C)C)cc1. The Morgan fingerprint density at radius 2 is 1.84 bits per heavy atom. The smallest absolute Gasteiger partial charge is 0.140 e. The summed E-state index contributed by atoms with van der Waals surface area (Å²) in [6.45, 7) is 11.6. The molecule has 1 aromatic carbocycles. The maximum Gasteiger partial charge on any atom is 0.140 e. The van der Waals surface area contributed by atoms with Crippen LogP contribution in [0.25, 0.3) is 0 Å². The molecule has 1 N–H and O–H groups in total. The van der Waals surface area contributed by atoms with Gasteiger partial charge in [0.25, 0.3) is 0 Å². The topological polar surface area (TPSA) is 58.7 Å². The van der Waals surface area contributed by atoms with Crippen LogP contribution in [0.1, 0.15) is 43.4 Å². The van der Waals surface area contributed by atoms with Crippen molar-refractivity contribution in [2.75, 3.05) is 13.7 Å². The molecule has 2 aromatic rings. The first kappa shape index (κ1) is 19.5. The van der Waals surface area contributed by atoms with Crippen molar-refractivity contribution in [3.05, 3.63) is 46.8 Å². The van der Waals surface area contributed by atoms with Crippen LogP contribution in [0, 0.1) is 19.3 Å². The van der Waals surface area contributed by atoms with Crippen molar-refractivity contribution in [3.63, 3.8) is 0 Å². The summed E-state index contributed by atoms with van der Waals surface area (Å²) < 4.78 is 11.0. The van der Waals surface area contributed by atoms with E-state index in [0.717, 1.165) is 29.3 Å². The molecule has 0 saturated heterocycles. The molecule has 2 rings (SSSR count). The van der Waals surface area contributed by atoms with Crippen molar-refractivity contribution >= 4 is 0 Å². The van der Waals surface area contributed by atoms with Crippen LogP contribution >= 0.6 is 0 Å². The van der Waals surface area contributed by atoms with E-state index in [-0.39, 0.29) is 18.1 Å². The van der Waals surface area contributed by atoms with E-state index in [1.165, 1.54) is 5.56 Å². The van der Waals surface area contributed by atoms with Crippen LogP contribution in [0.2, 0.25) is 0 Å². The Bertz CT molecular complexity index is 652. The second-order valence-corrected chi connectivity index (χ2v) is 7.71. The molecule has 138 valence electrons. The van der Waals surface area contributed by atoms with Gasteiger partial charge in [-0.1, -0.05) is 38.1 Å². The van der Waals surface area contributed by atoms with Gasteiger partial charge in [0.1, 0.15) is 18.1 Å². The third kappa shape index (κ3) is 5.06. The predicted molar refractivity (Wildman–Crippen MR) is 98.5 cm³/mol. The quantitative estimate of drug-likeness (QED) is 0.828. The summed E-state index contributed by atoms with van der Waals surface area (Å²) in [6, 6.07) is 8.20. The Morgan fingerprint density at radius 3 is 2.32 bits per heavy atom. The molecule has 25 heavy (non-hydrogen) atoms. The summed E-state index contributed by atoms with van der Waals surface area (Å²) in [5, 5.41) is 13.6. The van der Waals surface area contributed by atoms with Crippen LogP contribution in [0.4, 0.5) is 0 Å². The molecule has 5 nitrogen and oxygen atoms in total. The van der Waals surface area contributed by atoms with E-state index in [4.69, 9.17) is 9.26 Å². The number of ether oxygens (including phenoxy) is 1. The number of aliphatic hydroxyl groups excluding tert-OH is 1. The number of aryl methyl sites for hydroxylation is 2. The first-order valence-corrected chi connectivity index (χ1v) is 8.67. The summed E-state index contributed by atoms with van der Waals surface area (Å²) in [5.74, 6) is 1.62. The van der Waals surface area contributed by atoms with Crippen LogP contribution < -0.4 is 4.74 Å². The zero-order valence-electron chi connectivity index (χ0n) is 16.2. The van der Waals surface area contributed by atoms with E-state index in [0.29, 0.717) is 6.61 Å². The minimum atomic E-state index is 0.0287. The normalized spacial score (nSPS) is 13.3. The monoisotopic (exact) mass is 346 g/mol. The van der Waals surface area contributed by atoms with E-state index in [1.54, 1.807) is 0 Å². The Hall–Kier alpha value is -1.85. The van der Waals surface area contributed by atoms with Crippen LogP contribution in [0.15, 0.2) is 28.8 Å². The lowest BCUT2D eigenvalue weighted by atomic mass is 9.86. The summed E-state index contributed by atoms with van der Waals surface area (Å²) in [6.07, 6.45) is 0. The highest BCUT2D eigenvalue weighted by molar-refractivity contribution is 5.28. The Morgan fingerprint density at radius 1 is 1.20 bits per heavy atom. The Kier molecular flexibility index (Phi) is 6.25. The molecule has 0 radical (unpaired) electrons. The molecule has 0 bridgehead atoms. The highest BCUT2D eigenvalue weighted by Crippen LogP contribution is 2.25. The van der Waals surface area contributed by atoms with Gasteiger partial charge >= 0.3 is 0 Å². The molecule has 1 unspecified atom stereocenters. The van der Waals surface area contributed by atoms with Crippen LogP contribution in [-0.2, 0) is 13.2 Å². The van der Waals surface area contributed by atoms with Crippen molar-refractivity contribution in [1.82, 2.24) is 10.1 Å². The van der Waals surface area contributed by atoms with E-state index in [9.17, 15) is 5.11 Å². The molecule has 0 spiro atoms. The number of hydrogen-bond acceptors (Lipinski definition) is 5. The molecule has 0 aliphatic carbocycles. The van der Waals surface area contributed by atoms with Gasteiger partial charge in [0.2, 0.25) is 0 Å². The van der Waals surface area contributed by atoms with Gasteiger partial charge in [0.15, 0.2) is 0 Å². The van der Waals surface area contributed by atoms with E-state index in [1.807, 2.05) is 33.0 Å². The fourth-order valence-corrected chi connectivity index (χ4v) is 3.03. The number of hydrogen-bond donors (Lipinski definition) is 1. The van der Waals surface area contributed by atoms with E-state index >= 15 is 0 Å². The summed E-state index contributed by atoms with van der Waals surface area (Å²) >= 11 is 0. The number of aromatic nitrogens is 1. The minimum absolute atomic E-state index is 0.0287. The molecule has 1 atom stereocenters. The van der Waals surface area contributed by atoms with Gasteiger partial charge in [0, 0.05) is 12.6 Å². The number of rotatable bonds is 7. The lowest BCUT2D eigenvalue weighted by Crippen LogP contribution is -2.43. The highest BCUT2D eigenvalue weighted by atomic mass is 16.5. The average Bonchev–Trinajstić information content (AvgIpc) is 2.84. The van der Waals surface area contributed by atoms with Gasteiger partial charge in [-0.05, 0) is 44.0 Å². The maximum atomic E-state index is 9.68. The van der Waals surface area contributed by atoms with Gasteiger partial charge in [-0.3, -0.25) is 4.90 Å². The summed E-state index contributed by atoms with van der Waals surface area (Å²) in [4.78, 5) is 2.19. The largest absolute Gasteiger partial charge is 0.489 e. The Labute approximate surface area is 150 Å². The first-order chi connectivity index (χ1) is 11.7. The second kappa shape index (κ2) is 8.02. The van der Waals surface area contributed by atoms with Crippen LogP contribution in [0.5, 0.6) is 5.75 Å². The van der Waals surface area contributed by atoms with Crippen molar-refractivity contribution in [2.24, 2.45) is 5.41 Å². The van der Waals surface area contributed by atoms with Crippen molar-refractivity contribution in [1.29, 1.82) is 0 Å². The second-order valence-electron chi connectivity index (χ2n) is 7.71. The van der Waals surface area contributed by atoms with E-state index < -0.39 is 0 Å². The molecule has 0 aliphatic heterocycles. The molecule has 0 amide bonds. The summed E-state index contributed by atoms with van der Waals surface area (Å²) in [5.41, 5.74) is 3.09. The number of aliphatic hydroxyl groups is 1. The van der Waals surface area contributed by atoms with Gasteiger partial charge in [-0.15, -0.1) is 0 Å². The standard InChI is InChI=1S/C20H30N2O3/c1-14-18(15(2)25-21-14)13-24-17-9-7-16(8-10-17)11-22(6)19(12-23)20(3,4)5/h7-10,19,23H,11-13H2,1-6H3. The molecular weight excluding hydrogens is 316 g/mol. The average molecular weight is 346 g/mol. The van der Waals surface area contributed by atoms with Gasteiger partial charge in [-0.25, -0.2) is 0 Å². The van der Waals surface area contributed by atoms with Crippen molar-refractivity contribution in [3.8, 4) is 5.75 Å². The molecule has 5 heteroatoms. The zero-order valence-corrected chi connectivity index (χ0v) is 16.2. The zero-order chi connectivity index (χ0) is 18.6. The predicted octanol–water partition coefficient (Wildman–Crippen LogP) is 3.71. The fourth-order valence-electron chi connectivity index (χ4n) is 3.03.